The number of aryl methyl sites for hydroxylation is 1. The van der Waals surface area contributed by atoms with Crippen molar-refractivity contribution in [2.75, 3.05) is 32.4 Å². The number of hydrogen-bond acceptors (Lipinski definition) is 4. The summed E-state index contributed by atoms with van der Waals surface area (Å²) in [5.41, 5.74) is 2.08. The van der Waals surface area contributed by atoms with Crippen molar-refractivity contribution in [2.45, 2.75) is 11.8 Å². The van der Waals surface area contributed by atoms with Crippen LogP contribution >= 0.6 is 0 Å². The first-order chi connectivity index (χ1) is 12.8. The van der Waals surface area contributed by atoms with Gasteiger partial charge < -0.3 is 9.80 Å². The van der Waals surface area contributed by atoms with Gasteiger partial charge in [-0.1, -0.05) is 23.8 Å². The molecule has 0 bridgehead atoms. The maximum absolute atomic E-state index is 12.7. The Balaban J connectivity index is 1.66. The SMILES string of the molecule is Cc1ccc(C(=O)N2CCN(C(=O)c3cccc(S(C)(=O)=O)c3)CC2)cc1. The van der Waals surface area contributed by atoms with Gasteiger partial charge in [0.2, 0.25) is 0 Å². The predicted molar refractivity (Wildman–Crippen MR) is 103 cm³/mol. The first-order valence-corrected chi connectivity index (χ1v) is 10.6. The Hall–Kier alpha value is -2.67. The molecule has 0 saturated carbocycles. The van der Waals surface area contributed by atoms with Gasteiger partial charge in [-0.25, -0.2) is 8.42 Å². The van der Waals surface area contributed by atoms with E-state index in [9.17, 15) is 18.0 Å². The zero-order valence-corrected chi connectivity index (χ0v) is 16.2. The molecule has 2 aromatic carbocycles. The lowest BCUT2D eigenvalue weighted by atomic mass is 10.1. The molecule has 1 heterocycles. The summed E-state index contributed by atoms with van der Waals surface area (Å²) in [6.45, 7) is 3.70. The molecule has 6 nitrogen and oxygen atoms in total. The van der Waals surface area contributed by atoms with Crippen LogP contribution < -0.4 is 0 Å². The standard InChI is InChI=1S/C20H22N2O4S/c1-15-6-8-16(9-7-15)19(23)21-10-12-22(13-11-21)20(24)17-4-3-5-18(14-17)27(2,25)26/h3-9,14H,10-13H2,1-2H3. The highest BCUT2D eigenvalue weighted by Gasteiger charge is 2.26. The number of amides is 2. The molecular formula is C20H22N2O4S. The zero-order chi connectivity index (χ0) is 19.6. The maximum atomic E-state index is 12.7. The minimum atomic E-state index is -3.37. The largest absolute Gasteiger partial charge is 0.335 e. The Kier molecular flexibility index (Phi) is 5.32. The molecule has 0 aliphatic carbocycles. The van der Waals surface area contributed by atoms with Gasteiger partial charge in [0.1, 0.15) is 0 Å². The van der Waals surface area contributed by atoms with E-state index in [0.29, 0.717) is 37.3 Å². The molecule has 7 heteroatoms. The molecule has 27 heavy (non-hydrogen) atoms. The molecule has 3 rings (SSSR count). The van der Waals surface area contributed by atoms with Crippen molar-refractivity contribution in [3.63, 3.8) is 0 Å². The van der Waals surface area contributed by atoms with Crippen molar-refractivity contribution in [1.82, 2.24) is 9.80 Å². The molecule has 0 radical (unpaired) electrons. The summed E-state index contributed by atoms with van der Waals surface area (Å²) < 4.78 is 23.4. The van der Waals surface area contributed by atoms with E-state index in [0.717, 1.165) is 11.8 Å². The number of carbonyl (C=O) groups excluding carboxylic acids is 2. The minimum Gasteiger partial charge on any atom is -0.335 e. The number of rotatable bonds is 3. The van der Waals surface area contributed by atoms with Gasteiger partial charge in [-0.05, 0) is 37.3 Å². The molecule has 142 valence electrons. The van der Waals surface area contributed by atoms with Crippen LogP contribution in [0.1, 0.15) is 26.3 Å². The molecule has 0 unspecified atom stereocenters. The number of sulfone groups is 1. The Morgan fingerprint density at radius 2 is 1.33 bits per heavy atom. The van der Waals surface area contributed by atoms with Crippen LogP contribution in [0.5, 0.6) is 0 Å². The number of benzene rings is 2. The summed E-state index contributed by atoms with van der Waals surface area (Å²) in [5, 5.41) is 0. The van der Waals surface area contributed by atoms with E-state index in [1.54, 1.807) is 21.9 Å². The van der Waals surface area contributed by atoms with Crippen LogP contribution in [0.4, 0.5) is 0 Å². The Morgan fingerprint density at radius 3 is 1.85 bits per heavy atom. The van der Waals surface area contributed by atoms with E-state index >= 15 is 0 Å². The fourth-order valence-corrected chi connectivity index (χ4v) is 3.70. The Bertz CT molecular complexity index is 960. The quantitative estimate of drug-likeness (QED) is 0.809. The lowest BCUT2D eigenvalue weighted by molar-refractivity contribution is 0.0535. The van der Waals surface area contributed by atoms with E-state index in [1.807, 2.05) is 31.2 Å². The summed E-state index contributed by atoms with van der Waals surface area (Å²) in [5.74, 6) is -0.260. The van der Waals surface area contributed by atoms with E-state index in [-0.39, 0.29) is 16.7 Å². The number of piperazine rings is 1. The van der Waals surface area contributed by atoms with Crippen LogP contribution in [0.25, 0.3) is 0 Å². The number of nitrogens with zero attached hydrogens (tertiary/aromatic N) is 2. The zero-order valence-electron chi connectivity index (χ0n) is 15.4. The highest BCUT2D eigenvalue weighted by atomic mass is 32.2. The molecule has 0 N–H and O–H groups in total. The van der Waals surface area contributed by atoms with Gasteiger partial charge in [0.15, 0.2) is 9.84 Å². The van der Waals surface area contributed by atoms with Crippen molar-refractivity contribution in [3.05, 3.63) is 65.2 Å². The van der Waals surface area contributed by atoms with Gasteiger partial charge in [0.25, 0.3) is 11.8 Å². The first-order valence-electron chi connectivity index (χ1n) is 8.71. The minimum absolute atomic E-state index is 0.0406. The van der Waals surface area contributed by atoms with Gasteiger partial charge >= 0.3 is 0 Å². The summed E-state index contributed by atoms with van der Waals surface area (Å²) in [6.07, 6.45) is 1.12. The van der Waals surface area contributed by atoms with Crippen molar-refractivity contribution >= 4 is 21.7 Å². The average molecular weight is 386 g/mol. The van der Waals surface area contributed by atoms with Crippen LogP contribution in [0, 0.1) is 6.92 Å². The van der Waals surface area contributed by atoms with Gasteiger partial charge in [0, 0.05) is 43.6 Å². The Morgan fingerprint density at radius 1 is 0.815 bits per heavy atom. The monoisotopic (exact) mass is 386 g/mol. The maximum Gasteiger partial charge on any atom is 0.254 e. The summed E-state index contributed by atoms with van der Waals surface area (Å²) in [6, 6.07) is 13.5. The molecular weight excluding hydrogens is 364 g/mol. The fourth-order valence-electron chi connectivity index (χ4n) is 3.03. The van der Waals surface area contributed by atoms with Crippen LogP contribution in [0.2, 0.25) is 0 Å². The summed E-state index contributed by atoms with van der Waals surface area (Å²) >= 11 is 0. The second-order valence-corrected chi connectivity index (χ2v) is 8.77. The van der Waals surface area contributed by atoms with E-state index < -0.39 is 9.84 Å². The molecule has 0 spiro atoms. The highest BCUT2D eigenvalue weighted by molar-refractivity contribution is 7.90. The van der Waals surface area contributed by atoms with Gasteiger partial charge in [-0.15, -0.1) is 0 Å². The van der Waals surface area contributed by atoms with Gasteiger partial charge in [-0.3, -0.25) is 9.59 Å². The number of carbonyl (C=O) groups is 2. The molecule has 0 atom stereocenters. The number of hydrogen-bond donors (Lipinski definition) is 0. The topological polar surface area (TPSA) is 74.8 Å². The van der Waals surface area contributed by atoms with Gasteiger partial charge in [0.05, 0.1) is 4.90 Å². The average Bonchev–Trinajstić information content (AvgIpc) is 2.67. The lowest BCUT2D eigenvalue weighted by Gasteiger charge is -2.35. The van der Waals surface area contributed by atoms with Crippen molar-refractivity contribution in [3.8, 4) is 0 Å². The molecule has 2 aromatic rings. The van der Waals surface area contributed by atoms with Crippen LogP contribution in [0.15, 0.2) is 53.4 Å². The van der Waals surface area contributed by atoms with Crippen LogP contribution in [0.3, 0.4) is 0 Å². The third-order valence-electron chi connectivity index (χ3n) is 4.66. The summed E-state index contributed by atoms with van der Waals surface area (Å²) in [7, 11) is -3.37. The van der Waals surface area contributed by atoms with E-state index in [4.69, 9.17) is 0 Å². The second kappa shape index (κ2) is 7.52. The lowest BCUT2D eigenvalue weighted by Crippen LogP contribution is -2.50. The van der Waals surface area contributed by atoms with Crippen LogP contribution in [-0.2, 0) is 9.84 Å². The van der Waals surface area contributed by atoms with Gasteiger partial charge in [-0.2, -0.15) is 0 Å². The molecule has 1 saturated heterocycles. The third-order valence-corrected chi connectivity index (χ3v) is 5.77. The summed E-state index contributed by atoms with van der Waals surface area (Å²) in [4.78, 5) is 28.8. The van der Waals surface area contributed by atoms with Crippen molar-refractivity contribution < 1.29 is 18.0 Å². The van der Waals surface area contributed by atoms with E-state index in [2.05, 4.69) is 0 Å². The normalized spacial score (nSPS) is 14.9. The van der Waals surface area contributed by atoms with Crippen molar-refractivity contribution in [2.24, 2.45) is 0 Å². The van der Waals surface area contributed by atoms with E-state index in [1.165, 1.54) is 12.1 Å². The smallest absolute Gasteiger partial charge is 0.254 e. The molecule has 1 aliphatic heterocycles. The third kappa shape index (κ3) is 4.36. The first kappa shape index (κ1) is 19.1. The highest BCUT2D eigenvalue weighted by Crippen LogP contribution is 2.16. The fraction of sp³-hybridized carbons (Fsp3) is 0.300. The predicted octanol–water partition coefficient (Wildman–Crippen LogP) is 2.00. The van der Waals surface area contributed by atoms with Crippen molar-refractivity contribution in [1.29, 1.82) is 0 Å². The Labute approximate surface area is 159 Å². The molecule has 0 aromatic heterocycles. The molecule has 2 amide bonds. The van der Waals surface area contributed by atoms with Crippen LogP contribution in [-0.4, -0.2) is 62.5 Å². The second-order valence-electron chi connectivity index (χ2n) is 6.75. The molecule has 1 fully saturated rings. The molecule has 1 aliphatic rings.